The second-order valence-corrected chi connectivity index (χ2v) is 6.38. The quantitative estimate of drug-likeness (QED) is 0.812. The number of benzene rings is 2. The third kappa shape index (κ3) is 6.39. The minimum atomic E-state index is -0.244. The van der Waals surface area contributed by atoms with Crippen molar-refractivity contribution in [2.75, 3.05) is 20.6 Å². The number of rotatable bonds is 7. The van der Waals surface area contributed by atoms with Gasteiger partial charge in [-0.3, -0.25) is 9.59 Å². The summed E-state index contributed by atoms with van der Waals surface area (Å²) in [6.07, 6.45) is 0. The summed E-state index contributed by atoms with van der Waals surface area (Å²) >= 11 is 0. The zero-order chi connectivity index (χ0) is 18.2. The smallest absolute Gasteiger partial charge is 0.251 e. The third-order valence-electron chi connectivity index (χ3n) is 3.70. The standard InChI is InChI=1S/C20H25N3O2/c1-15-5-4-6-18(11-15)20(25)22-13-19(24)21-12-16-7-9-17(10-8-16)14-23(2)3/h4-11H,12-14H2,1-3H3,(H,21,24)(H,22,25). The Kier molecular flexibility index (Phi) is 6.71. The predicted molar refractivity (Wildman–Crippen MR) is 99.2 cm³/mol. The summed E-state index contributed by atoms with van der Waals surface area (Å²) in [5.41, 5.74) is 3.82. The van der Waals surface area contributed by atoms with E-state index in [9.17, 15) is 9.59 Å². The first-order valence-electron chi connectivity index (χ1n) is 8.28. The molecule has 0 aliphatic heterocycles. The largest absolute Gasteiger partial charge is 0.350 e. The van der Waals surface area contributed by atoms with Gasteiger partial charge in [0.05, 0.1) is 6.54 Å². The molecule has 2 amide bonds. The molecule has 0 unspecified atom stereocenters. The highest BCUT2D eigenvalue weighted by molar-refractivity contribution is 5.96. The Bertz CT molecular complexity index is 724. The van der Waals surface area contributed by atoms with E-state index >= 15 is 0 Å². The molecule has 0 bridgehead atoms. The maximum atomic E-state index is 12.0. The molecule has 0 saturated heterocycles. The summed E-state index contributed by atoms with van der Waals surface area (Å²) in [7, 11) is 4.05. The Morgan fingerprint density at radius 2 is 1.64 bits per heavy atom. The van der Waals surface area contributed by atoms with Gasteiger partial charge < -0.3 is 15.5 Å². The first-order chi connectivity index (χ1) is 11.9. The molecule has 0 spiro atoms. The molecule has 5 nitrogen and oxygen atoms in total. The molecule has 0 aliphatic carbocycles. The SMILES string of the molecule is Cc1cccc(C(=O)NCC(=O)NCc2ccc(CN(C)C)cc2)c1. The number of hydrogen-bond acceptors (Lipinski definition) is 3. The van der Waals surface area contributed by atoms with Gasteiger partial charge in [-0.25, -0.2) is 0 Å². The van der Waals surface area contributed by atoms with E-state index in [1.54, 1.807) is 12.1 Å². The van der Waals surface area contributed by atoms with Gasteiger partial charge in [0.2, 0.25) is 5.91 Å². The topological polar surface area (TPSA) is 61.4 Å². The maximum absolute atomic E-state index is 12.0. The van der Waals surface area contributed by atoms with Crippen LogP contribution in [0.2, 0.25) is 0 Å². The van der Waals surface area contributed by atoms with Crippen LogP contribution in [0.4, 0.5) is 0 Å². The number of carbonyl (C=O) groups is 2. The molecule has 0 radical (unpaired) electrons. The van der Waals surface area contributed by atoms with Crippen molar-refractivity contribution in [3.8, 4) is 0 Å². The predicted octanol–water partition coefficient (Wildman–Crippen LogP) is 2.10. The zero-order valence-electron chi connectivity index (χ0n) is 15.0. The van der Waals surface area contributed by atoms with E-state index in [1.807, 2.05) is 45.3 Å². The lowest BCUT2D eigenvalue weighted by Crippen LogP contribution is -2.36. The molecule has 25 heavy (non-hydrogen) atoms. The van der Waals surface area contributed by atoms with Crippen LogP contribution < -0.4 is 10.6 Å². The molecule has 5 heteroatoms. The summed E-state index contributed by atoms with van der Waals surface area (Å²) in [6.45, 7) is 3.22. The summed E-state index contributed by atoms with van der Waals surface area (Å²) < 4.78 is 0. The molecule has 0 aliphatic rings. The van der Waals surface area contributed by atoms with Crippen molar-refractivity contribution in [3.05, 3.63) is 70.8 Å². The van der Waals surface area contributed by atoms with Crippen LogP contribution >= 0.6 is 0 Å². The van der Waals surface area contributed by atoms with Gasteiger partial charge in [-0.1, -0.05) is 42.0 Å². The van der Waals surface area contributed by atoms with Gasteiger partial charge in [0, 0.05) is 18.7 Å². The summed E-state index contributed by atoms with van der Waals surface area (Å²) in [4.78, 5) is 26.0. The normalized spacial score (nSPS) is 10.6. The van der Waals surface area contributed by atoms with Crippen LogP contribution in [0, 0.1) is 6.92 Å². The van der Waals surface area contributed by atoms with E-state index in [2.05, 4.69) is 27.7 Å². The van der Waals surface area contributed by atoms with Gasteiger partial charge in [-0.05, 0) is 44.3 Å². The van der Waals surface area contributed by atoms with E-state index in [4.69, 9.17) is 0 Å². The molecule has 2 aromatic rings. The lowest BCUT2D eigenvalue weighted by atomic mass is 10.1. The van der Waals surface area contributed by atoms with Crippen molar-refractivity contribution in [1.82, 2.24) is 15.5 Å². The Morgan fingerprint density at radius 1 is 0.960 bits per heavy atom. The minimum absolute atomic E-state index is 0.0362. The second kappa shape index (κ2) is 8.99. The van der Waals surface area contributed by atoms with Crippen molar-refractivity contribution in [1.29, 1.82) is 0 Å². The van der Waals surface area contributed by atoms with Crippen molar-refractivity contribution in [2.24, 2.45) is 0 Å². The van der Waals surface area contributed by atoms with Crippen LogP contribution in [0.25, 0.3) is 0 Å². The molecule has 2 rings (SSSR count). The molecule has 0 aromatic heterocycles. The molecule has 0 fully saturated rings. The van der Waals surface area contributed by atoms with E-state index < -0.39 is 0 Å². The van der Waals surface area contributed by atoms with E-state index in [0.29, 0.717) is 12.1 Å². The van der Waals surface area contributed by atoms with Crippen molar-refractivity contribution in [3.63, 3.8) is 0 Å². The van der Waals surface area contributed by atoms with Gasteiger partial charge in [-0.15, -0.1) is 0 Å². The van der Waals surface area contributed by atoms with Crippen molar-refractivity contribution >= 4 is 11.8 Å². The number of aryl methyl sites for hydroxylation is 1. The molecule has 0 saturated carbocycles. The van der Waals surface area contributed by atoms with Crippen LogP contribution in [0.15, 0.2) is 48.5 Å². The fourth-order valence-electron chi connectivity index (χ4n) is 2.44. The van der Waals surface area contributed by atoms with Crippen LogP contribution in [0.5, 0.6) is 0 Å². The first-order valence-corrected chi connectivity index (χ1v) is 8.28. The van der Waals surface area contributed by atoms with Gasteiger partial charge in [0.15, 0.2) is 0 Å². The number of carbonyl (C=O) groups excluding carboxylic acids is 2. The summed E-state index contributed by atoms with van der Waals surface area (Å²) in [5, 5.41) is 5.45. The molecule has 132 valence electrons. The molecule has 2 aromatic carbocycles. The Labute approximate surface area is 149 Å². The van der Waals surface area contributed by atoms with Crippen LogP contribution in [0.3, 0.4) is 0 Å². The number of nitrogens with one attached hydrogen (secondary N) is 2. The average Bonchev–Trinajstić information content (AvgIpc) is 2.58. The van der Waals surface area contributed by atoms with Crippen LogP contribution in [-0.2, 0) is 17.9 Å². The fraction of sp³-hybridized carbons (Fsp3) is 0.300. The number of hydrogen-bond donors (Lipinski definition) is 2. The molecule has 0 atom stereocenters. The second-order valence-electron chi connectivity index (χ2n) is 6.38. The maximum Gasteiger partial charge on any atom is 0.251 e. The number of nitrogens with zero attached hydrogens (tertiary/aromatic N) is 1. The molecule has 0 heterocycles. The average molecular weight is 339 g/mol. The monoisotopic (exact) mass is 339 g/mol. The lowest BCUT2D eigenvalue weighted by molar-refractivity contribution is -0.120. The fourth-order valence-corrected chi connectivity index (χ4v) is 2.44. The van der Waals surface area contributed by atoms with E-state index in [1.165, 1.54) is 5.56 Å². The Balaban J connectivity index is 1.76. The molecule has 2 N–H and O–H groups in total. The minimum Gasteiger partial charge on any atom is -0.350 e. The van der Waals surface area contributed by atoms with Crippen molar-refractivity contribution < 1.29 is 9.59 Å². The Morgan fingerprint density at radius 3 is 2.28 bits per heavy atom. The van der Waals surface area contributed by atoms with E-state index in [-0.39, 0.29) is 18.4 Å². The van der Waals surface area contributed by atoms with Gasteiger partial charge in [-0.2, -0.15) is 0 Å². The van der Waals surface area contributed by atoms with Gasteiger partial charge in [0.1, 0.15) is 0 Å². The molecular formula is C20H25N3O2. The highest BCUT2D eigenvalue weighted by atomic mass is 16.2. The zero-order valence-corrected chi connectivity index (χ0v) is 15.0. The number of amides is 2. The lowest BCUT2D eigenvalue weighted by Gasteiger charge is -2.11. The summed E-state index contributed by atoms with van der Waals surface area (Å²) in [6, 6.07) is 15.4. The van der Waals surface area contributed by atoms with Crippen molar-refractivity contribution in [2.45, 2.75) is 20.0 Å². The van der Waals surface area contributed by atoms with Gasteiger partial charge in [0.25, 0.3) is 5.91 Å². The highest BCUT2D eigenvalue weighted by Gasteiger charge is 2.08. The Hall–Kier alpha value is -2.66. The van der Waals surface area contributed by atoms with Crippen LogP contribution in [-0.4, -0.2) is 37.4 Å². The van der Waals surface area contributed by atoms with Crippen LogP contribution in [0.1, 0.15) is 27.0 Å². The summed E-state index contributed by atoms with van der Waals surface area (Å²) in [5.74, 6) is -0.453. The molecular weight excluding hydrogens is 314 g/mol. The first kappa shape index (κ1) is 18.7. The third-order valence-corrected chi connectivity index (χ3v) is 3.70. The highest BCUT2D eigenvalue weighted by Crippen LogP contribution is 2.06. The van der Waals surface area contributed by atoms with E-state index in [0.717, 1.165) is 17.7 Å². The van der Waals surface area contributed by atoms with Gasteiger partial charge >= 0.3 is 0 Å².